The van der Waals surface area contributed by atoms with Crippen molar-refractivity contribution in [2.45, 2.75) is 6.54 Å². The zero-order valence-corrected chi connectivity index (χ0v) is 10.9. The summed E-state index contributed by atoms with van der Waals surface area (Å²) in [4.78, 5) is 11.9. The van der Waals surface area contributed by atoms with Gasteiger partial charge in [-0.25, -0.2) is 0 Å². The number of nitro groups is 1. The fourth-order valence-electron chi connectivity index (χ4n) is 1.80. The minimum atomic E-state index is -0.468. The van der Waals surface area contributed by atoms with Crippen LogP contribution in [0.4, 0.5) is 0 Å². The van der Waals surface area contributed by atoms with Gasteiger partial charge < -0.3 is 10.2 Å². The van der Waals surface area contributed by atoms with E-state index in [2.05, 4.69) is 5.32 Å². The van der Waals surface area contributed by atoms with Gasteiger partial charge in [-0.1, -0.05) is 29.3 Å². The maximum Gasteiger partial charge on any atom is 0.274 e. The summed E-state index contributed by atoms with van der Waals surface area (Å²) in [6.07, 6.45) is 0.969. The topological polar surface area (TPSA) is 58.4 Å². The molecule has 0 aromatic heterocycles. The Morgan fingerprint density at radius 3 is 2.94 bits per heavy atom. The number of hydrogen-bond acceptors (Lipinski definition) is 4. The third-order valence-electron chi connectivity index (χ3n) is 2.63. The van der Waals surface area contributed by atoms with Crippen molar-refractivity contribution in [3.8, 4) is 0 Å². The molecule has 0 bridgehead atoms. The second-order valence-electron chi connectivity index (χ2n) is 3.88. The van der Waals surface area contributed by atoms with Crippen LogP contribution in [0, 0.1) is 10.1 Å². The Kier molecular flexibility index (Phi) is 3.93. The Hall–Kier alpha value is -1.46. The van der Waals surface area contributed by atoms with Gasteiger partial charge in [-0.15, -0.1) is 0 Å². The van der Waals surface area contributed by atoms with Crippen LogP contribution in [0.5, 0.6) is 0 Å². The molecule has 7 heteroatoms. The van der Waals surface area contributed by atoms with E-state index in [1.165, 1.54) is 0 Å². The summed E-state index contributed by atoms with van der Waals surface area (Å²) >= 11 is 11.9. The van der Waals surface area contributed by atoms with Crippen molar-refractivity contribution in [2.75, 3.05) is 13.1 Å². The summed E-state index contributed by atoms with van der Waals surface area (Å²) in [7, 11) is 0. The summed E-state index contributed by atoms with van der Waals surface area (Å²) in [6.45, 7) is 1.91. The highest BCUT2D eigenvalue weighted by Gasteiger charge is 2.20. The maximum absolute atomic E-state index is 10.5. The van der Waals surface area contributed by atoms with Gasteiger partial charge in [-0.3, -0.25) is 10.1 Å². The quantitative estimate of drug-likeness (QED) is 0.685. The maximum atomic E-state index is 10.5. The lowest BCUT2D eigenvalue weighted by Gasteiger charge is -2.17. The monoisotopic (exact) mass is 287 g/mol. The first kappa shape index (κ1) is 13.0. The molecular formula is C11H11Cl2N3O2. The molecule has 1 aliphatic rings. The van der Waals surface area contributed by atoms with Gasteiger partial charge in [0.05, 0.1) is 4.92 Å². The van der Waals surface area contributed by atoms with E-state index in [0.29, 0.717) is 35.5 Å². The lowest BCUT2D eigenvalue weighted by molar-refractivity contribution is -0.404. The molecule has 1 N–H and O–H groups in total. The van der Waals surface area contributed by atoms with Crippen LogP contribution in [-0.2, 0) is 6.54 Å². The Labute approximate surface area is 114 Å². The minimum absolute atomic E-state index is 0.468. The van der Waals surface area contributed by atoms with E-state index in [-0.39, 0.29) is 0 Å². The predicted molar refractivity (Wildman–Crippen MR) is 70.0 cm³/mol. The number of nitrogens with zero attached hydrogens (tertiary/aromatic N) is 2. The summed E-state index contributed by atoms with van der Waals surface area (Å²) in [5.41, 5.74) is 0.888. The van der Waals surface area contributed by atoms with Crippen LogP contribution in [0.1, 0.15) is 5.56 Å². The fraction of sp³-hybridized carbons (Fsp3) is 0.273. The molecular weight excluding hydrogens is 277 g/mol. The SMILES string of the molecule is O=[N+]([O-])C=C1NCCN1Cc1ccc(Cl)cc1Cl. The average molecular weight is 288 g/mol. The number of hydrogen-bond donors (Lipinski definition) is 1. The van der Waals surface area contributed by atoms with Crippen molar-refractivity contribution in [2.24, 2.45) is 0 Å². The summed E-state index contributed by atoms with van der Waals surface area (Å²) in [6, 6.07) is 5.24. The third-order valence-corrected chi connectivity index (χ3v) is 3.22. The van der Waals surface area contributed by atoms with Crippen molar-refractivity contribution in [1.29, 1.82) is 0 Å². The molecule has 0 radical (unpaired) electrons. The van der Waals surface area contributed by atoms with E-state index in [1.807, 2.05) is 11.0 Å². The Morgan fingerprint density at radius 2 is 2.28 bits per heavy atom. The normalized spacial score (nSPS) is 17.0. The fourth-order valence-corrected chi connectivity index (χ4v) is 2.27. The van der Waals surface area contributed by atoms with Gasteiger partial charge in [0, 0.05) is 29.7 Å². The van der Waals surface area contributed by atoms with Crippen molar-refractivity contribution in [3.05, 3.63) is 55.9 Å². The Bertz CT molecular complexity index is 505. The predicted octanol–water partition coefficient (Wildman–Crippen LogP) is 2.47. The molecule has 0 spiro atoms. The highest BCUT2D eigenvalue weighted by Crippen LogP contribution is 2.23. The van der Waals surface area contributed by atoms with E-state index < -0.39 is 4.92 Å². The van der Waals surface area contributed by atoms with Gasteiger partial charge >= 0.3 is 0 Å². The first-order valence-corrected chi connectivity index (χ1v) is 6.10. The smallest absolute Gasteiger partial charge is 0.274 e. The van der Waals surface area contributed by atoms with Gasteiger partial charge in [0.2, 0.25) is 0 Å². The second-order valence-corrected chi connectivity index (χ2v) is 4.73. The van der Waals surface area contributed by atoms with E-state index in [9.17, 15) is 10.1 Å². The molecule has 0 saturated carbocycles. The van der Waals surface area contributed by atoms with Crippen LogP contribution in [0.15, 0.2) is 30.2 Å². The number of benzene rings is 1. The zero-order chi connectivity index (χ0) is 13.1. The molecule has 1 saturated heterocycles. The Balaban J connectivity index is 2.15. The van der Waals surface area contributed by atoms with Gasteiger partial charge in [0.25, 0.3) is 6.20 Å². The molecule has 5 nitrogen and oxygen atoms in total. The van der Waals surface area contributed by atoms with E-state index in [1.54, 1.807) is 12.1 Å². The first-order valence-electron chi connectivity index (χ1n) is 5.34. The molecule has 96 valence electrons. The number of nitrogens with one attached hydrogen (secondary N) is 1. The zero-order valence-electron chi connectivity index (χ0n) is 9.40. The highest BCUT2D eigenvalue weighted by molar-refractivity contribution is 6.35. The molecule has 1 aromatic carbocycles. The largest absolute Gasteiger partial charge is 0.365 e. The van der Waals surface area contributed by atoms with E-state index in [4.69, 9.17) is 23.2 Å². The van der Waals surface area contributed by atoms with Gasteiger partial charge in [-0.05, 0) is 17.7 Å². The molecule has 1 aromatic rings. The van der Waals surface area contributed by atoms with Gasteiger partial charge in [0.15, 0.2) is 5.82 Å². The third kappa shape index (κ3) is 3.05. The summed E-state index contributed by atoms with van der Waals surface area (Å²) in [5, 5.41) is 14.6. The lowest BCUT2D eigenvalue weighted by Crippen LogP contribution is -2.20. The van der Waals surface area contributed by atoms with E-state index >= 15 is 0 Å². The van der Waals surface area contributed by atoms with Crippen LogP contribution in [0.25, 0.3) is 0 Å². The van der Waals surface area contributed by atoms with E-state index in [0.717, 1.165) is 11.8 Å². The van der Waals surface area contributed by atoms with Crippen molar-refractivity contribution >= 4 is 23.2 Å². The molecule has 0 aliphatic carbocycles. The van der Waals surface area contributed by atoms with Crippen molar-refractivity contribution in [1.82, 2.24) is 10.2 Å². The molecule has 2 rings (SSSR count). The lowest BCUT2D eigenvalue weighted by atomic mass is 10.2. The first-order chi connectivity index (χ1) is 8.56. The van der Waals surface area contributed by atoms with Crippen LogP contribution in [0.2, 0.25) is 10.0 Å². The van der Waals surface area contributed by atoms with Crippen LogP contribution < -0.4 is 5.32 Å². The number of rotatable bonds is 3. The highest BCUT2D eigenvalue weighted by atomic mass is 35.5. The summed E-state index contributed by atoms with van der Waals surface area (Å²) in [5.74, 6) is 0.506. The number of halogens is 2. The summed E-state index contributed by atoms with van der Waals surface area (Å²) < 4.78 is 0. The van der Waals surface area contributed by atoms with Crippen LogP contribution >= 0.6 is 23.2 Å². The molecule has 1 aliphatic heterocycles. The Morgan fingerprint density at radius 1 is 1.50 bits per heavy atom. The molecule has 1 fully saturated rings. The van der Waals surface area contributed by atoms with Gasteiger partial charge in [0.1, 0.15) is 0 Å². The minimum Gasteiger partial charge on any atom is -0.365 e. The average Bonchev–Trinajstić information content (AvgIpc) is 2.69. The van der Waals surface area contributed by atoms with Crippen LogP contribution in [0.3, 0.4) is 0 Å². The molecule has 0 atom stereocenters. The van der Waals surface area contributed by atoms with Crippen molar-refractivity contribution in [3.63, 3.8) is 0 Å². The molecule has 18 heavy (non-hydrogen) atoms. The van der Waals surface area contributed by atoms with Crippen LogP contribution in [-0.4, -0.2) is 22.9 Å². The standard InChI is InChI=1S/C11H11Cl2N3O2/c12-9-2-1-8(10(13)5-9)6-15-4-3-14-11(15)7-16(17)18/h1-2,5,7,14H,3-4,6H2. The molecule has 0 amide bonds. The van der Waals surface area contributed by atoms with Crippen molar-refractivity contribution < 1.29 is 4.92 Å². The second kappa shape index (κ2) is 5.46. The van der Waals surface area contributed by atoms with Gasteiger partial charge in [-0.2, -0.15) is 0 Å². The molecule has 0 unspecified atom stereocenters. The molecule has 1 heterocycles.